The Morgan fingerprint density at radius 2 is 1.53 bits per heavy atom. The van der Waals surface area contributed by atoms with Crippen molar-refractivity contribution in [3.05, 3.63) is 60.2 Å². The highest BCUT2D eigenvalue weighted by Crippen LogP contribution is 2.28. The maximum absolute atomic E-state index is 3.53. The van der Waals surface area contributed by atoms with Gasteiger partial charge in [-0.15, -0.1) is 0 Å². The Labute approximate surface area is 115 Å². The largest absolute Gasteiger partial charge is 0.316 e. The Morgan fingerprint density at radius 1 is 0.842 bits per heavy atom. The maximum atomic E-state index is 3.53. The average Bonchev–Trinajstić information content (AvgIpc) is 2.48. The third kappa shape index (κ3) is 2.87. The summed E-state index contributed by atoms with van der Waals surface area (Å²) in [6, 6.07) is 19.7. The molecule has 0 amide bonds. The van der Waals surface area contributed by atoms with E-state index in [-0.39, 0.29) is 0 Å². The van der Waals surface area contributed by atoms with Crippen molar-refractivity contribution in [3.8, 4) is 11.1 Å². The summed E-state index contributed by atoms with van der Waals surface area (Å²) in [5, 5.41) is 3.53. The van der Waals surface area contributed by atoms with Crippen LogP contribution < -0.4 is 5.32 Å². The molecule has 2 aromatic rings. The van der Waals surface area contributed by atoms with Crippen molar-refractivity contribution in [2.24, 2.45) is 5.92 Å². The van der Waals surface area contributed by atoms with Gasteiger partial charge in [0.05, 0.1) is 0 Å². The first-order valence-corrected chi connectivity index (χ1v) is 7.19. The zero-order valence-electron chi connectivity index (χ0n) is 11.5. The Balaban J connectivity index is 1.79. The molecule has 0 spiro atoms. The van der Waals surface area contributed by atoms with Gasteiger partial charge in [0.2, 0.25) is 0 Å². The fraction of sp³-hybridized carbons (Fsp3) is 0.333. The summed E-state index contributed by atoms with van der Waals surface area (Å²) in [6.07, 6.45) is 1.30. The fourth-order valence-electron chi connectivity index (χ4n) is 2.99. The summed E-state index contributed by atoms with van der Waals surface area (Å²) < 4.78 is 0. The molecule has 1 fully saturated rings. The van der Waals surface area contributed by atoms with Crippen LogP contribution in [0.1, 0.15) is 24.8 Å². The second-order valence-electron chi connectivity index (χ2n) is 5.68. The normalized spacial score (nSPS) is 23.2. The Bertz CT molecular complexity index is 515. The molecule has 19 heavy (non-hydrogen) atoms. The van der Waals surface area contributed by atoms with Gasteiger partial charge in [0.25, 0.3) is 0 Å². The van der Waals surface area contributed by atoms with Gasteiger partial charge in [0.1, 0.15) is 0 Å². The van der Waals surface area contributed by atoms with Crippen LogP contribution in [-0.4, -0.2) is 13.1 Å². The van der Waals surface area contributed by atoms with E-state index in [2.05, 4.69) is 66.8 Å². The van der Waals surface area contributed by atoms with Crippen LogP contribution in [0.5, 0.6) is 0 Å². The molecule has 0 saturated carbocycles. The van der Waals surface area contributed by atoms with Crippen molar-refractivity contribution in [3.63, 3.8) is 0 Å². The molecular formula is C18H21N. The predicted molar refractivity (Wildman–Crippen MR) is 81.3 cm³/mol. The van der Waals surface area contributed by atoms with Crippen LogP contribution in [0.4, 0.5) is 0 Å². The van der Waals surface area contributed by atoms with Crippen LogP contribution in [0, 0.1) is 5.92 Å². The minimum atomic E-state index is 0.675. The Kier molecular flexibility index (Phi) is 3.65. The van der Waals surface area contributed by atoms with Crippen molar-refractivity contribution < 1.29 is 0 Å². The molecule has 2 aromatic carbocycles. The van der Waals surface area contributed by atoms with Crippen LogP contribution in [-0.2, 0) is 0 Å². The molecule has 1 saturated heterocycles. The van der Waals surface area contributed by atoms with Crippen LogP contribution in [0.2, 0.25) is 0 Å². The van der Waals surface area contributed by atoms with Gasteiger partial charge >= 0.3 is 0 Å². The van der Waals surface area contributed by atoms with Gasteiger partial charge in [-0.1, -0.05) is 61.5 Å². The summed E-state index contributed by atoms with van der Waals surface area (Å²) in [7, 11) is 0. The SMILES string of the molecule is CC1CNCC(c2ccc(-c3ccccc3)cc2)C1. The highest BCUT2D eigenvalue weighted by molar-refractivity contribution is 5.63. The minimum absolute atomic E-state index is 0.675. The number of hydrogen-bond acceptors (Lipinski definition) is 1. The highest BCUT2D eigenvalue weighted by Gasteiger charge is 2.19. The van der Waals surface area contributed by atoms with E-state index in [0.29, 0.717) is 5.92 Å². The molecule has 1 N–H and O–H groups in total. The van der Waals surface area contributed by atoms with E-state index in [0.717, 1.165) is 12.5 Å². The summed E-state index contributed by atoms with van der Waals surface area (Å²) in [5.74, 6) is 1.46. The lowest BCUT2D eigenvalue weighted by Gasteiger charge is -2.28. The lowest BCUT2D eigenvalue weighted by Crippen LogP contribution is -2.33. The molecule has 1 heteroatoms. The van der Waals surface area contributed by atoms with Gasteiger partial charge in [-0.3, -0.25) is 0 Å². The van der Waals surface area contributed by atoms with Crippen molar-refractivity contribution >= 4 is 0 Å². The monoisotopic (exact) mass is 251 g/mol. The second kappa shape index (κ2) is 5.58. The lowest BCUT2D eigenvalue weighted by atomic mass is 9.86. The van der Waals surface area contributed by atoms with Gasteiger partial charge in [0, 0.05) is 6.54 Å². The molecule has 1 nitrogen and oxygen atoms in total. The van der Waals surface area contributed by atoms with Crippen molar-refractivity contribution in [2.45, 2.75) is 19.3 Å². The minimum Gasteiger partial charge on any atom is -0.316 e. The first-order chi connectivity index (χ1) is 9.33. The van der Waals surface area contributed by atoms with E-state index in [1.165, 1.54) is 29.7 Å². The first-order valence-electron chi connectivity index (χ1n) is 7.19. The molecule has 0 bridgehead atoms. The van der Waals surface area contributed by atoms with Gasteiger partial charge in [0.15, 0.2) is 0 Å². The van der Waals surface area contributed by atoms with E-state index in [4.69, 9.17) is 0 Å². The van der Waals surface area contributed by atoms with Crippen molar-refractivity contribution in [1.82, 2.24) is 5.32 Å². The van der Waals surface area contributed by atoms with Crippen molar-refractivity contribution in [2.75, 3.05) is 13.1 Å². The van der Waals surface area contributed by atoms with Crippen molar-refractivity contribution in [1.29, 1.82) is 0 Å². The molecule has 0 aromatic heterocycles. The molecule has 1 aliphatic heterocycles. The predicted octanol–water partition coefficient (Wildman–Crippen LogP) is 4.07. The molecule has 1 heterocycles. The first kappa shape index (κ1) is 12.4. The molecule has 1 aliphatic rings. The third-order valence-electron chi connectivity index (χ3n) is 4.06. The highest BCUT2D eigenvalue weighted by atomic mass is 14.9. The van der Waals surface area contributed by atoms with Crippen LogP contribution in [0.3, 0.4) is 0 Å². The van der Waals surface area contributed by atoms with Gasteiger partial charge in [-0.2, -0.15) is 0 Å². The van der Waals surface area contributed by atoms with Crippen LogP contribution in [0.25, 0.3) is 11.1 Å². The van der Waals surface area contributed by atoms with Gasteiger partial charge < -0.3 is 5.32 Å². The zero-order valence-corrected chi connectivity index (χ0v) is 11.5. The summed E-state index contributed by atoms with van der Waals surface area (Å²) in [6.45, 7) is 4.62. The van der Waals surface area contributed by atoms with E-state index in [9.17, 15) is 0 Å². The van der Waals surface area contributed by atoms with Crippen LogP contribution >= 0.6 is 0 Å². The van der Waals surface area contributed by atoms with E-state index in [1.54, 1.807) is 0 Å². The summed E-state index contributed by atoms with van der Waals surface area (Å²) in [4.78, 5) is 0. The van der Waals surface area contributed by atoms with E-state index in [1.807, 2.05) is 0 Å². The van der Waals surface area contributed by atoms with Crippen LogP contribution in [0.15, 0.2) is 54.6 Å². The fourth-order valence-corrected chi connectivity index (χ4v) is 2.99. The molecule has 98 valence electrons. The molecule has 0 radical (unpaired) electrons. The number of nitrogens with one attached hydrogen (secondary N) is 1. The molecular weight excluding hydrogens is 230 g/mol. The zero-order chi connectivity index (χ0) is 13.1. The number of rotatable bonds is 2. The Morgan fingerprint density at radius 3 is 2.21 bits per heavy atom. The topological polar surface area (TPSA) is 12.0 Å². The summed E-state index contributed by atoms with van der Waals surface area (Å²) in [5.41, 5.74) is 4.07. The quantitative estimate of drug-likeness (QED) is 0.848. The van der Waals surface area contributed by atoms with Gasteiger partial charge in [-0.05, 0) is 41.5 Å². The molecule has 2 atom stereocenters. The third-order valence-corrected chi connectivity index (χ3v) is 4.06. The smallest absolute Gasteiger partial charge is 0.00203 e. The average molecular weight is 251 g/mol. The van der Waals surface area contributed by atoms with E-state index >= 15 is 0 Å². The molecule has 0 aliphatic carbocycles. The summed E-state index contributed by atoms with van der Waals surface area (Å²) >= 11 is 0. The van der Waals surface area contributed by atoms with E-state index < -0.39 is 0 Å². The number of hydrogen-bond donors (Lipinski definition) is 1. The second-order valence-corrected chi connectivity index (χ2v) is 5.68. The molecule has 3 rings (SSSR count). The Hall–Kier alpha value is -1.60. The standard InChI is InChI=1S/C18H21N/c1-14-11-18(13-19-12-14)17-9-7-16(8-10-17)15-5-3-2-4-6-15/h2-10,14,18-19H,11-13H2,1H3. The molecule has 2 unspecified atom stereocenters. The lowest BCUT2D eigenvalue weighted by molar-refractivity contribution is 0.364. The van der Waals surface area contributed by atoms with Gasteiger partial charge in [-0.25, -0.2) is 0 Å². The maximum Gasteiger partial charge on any atom is 0.00203 e. The number of piperidine rings is 1. The number of benzene rings is 2.